The molecule has 0 radical (unpaired) electrons. The van der Waals surface area contributed by atoms with E-state index in [2.05, 4.69) is 15.4 Å². The number of piperazine rings is 1. The van der Waals surface area contributed by atoms with Crippen molar-refractivity contribution in [3.05, 3.63) is 30.3 Å². The van der Waals surface area contributed by atoms with Crippen molar-refractivity contribution in [3.8, 4) is 0 Å². The molecule has 0 bridgehead atoms. The summed E-state index contributed by atoms with van der Waals surface area (Å²) in [5.74, 6) is -0.151. The zero-order valence-electron chi connectivity index (χ0n) is 14.6. The quantitative estimate of drug-likeness (QED) is 0.639. The summed E-state index contributed by atoms with van der Waals surface area (Å²) in [5.41, 5.74) is 0.755. The molecule has 0 saturated carbocycles. The standard InChI is InChI=1S/C17H24N4O4S/c1-26(24,25)20-13-9-15-17(23)18-10-14(21(15)11-13)7-8-16(22)19-12-5-3-2-4-6-12/h2-6,13-15,20H,7-11H2,1H3,(H,18,23)(H,19,22)/t13-,14+,15-/m0/s1. The number of benzene rings is 1. The van der Waals surface area contributed by atoms with E-state index in [9.17, 15) is 18.0 Å². The van der Waals surface area contributed by atoms with Crippen molar-refractivity contribution in [3.63, 3.8) is 0 Å². The minimum atomic E-state index is -3.32. The fourth-order valence-electron chi connectivity index (χ4n) is 3.67. The molecule has 3 rings (SSSR count). The summed E-state index contributed by atoms with van der Waals surface area (Å²) in [6.07, 6.45) is 2.51. The maximum absolute atomic E-state index is 12.2. The van der Waals surface area contributed by atoms with E-state index in [1.54, 1.807) is 0 Å². The third-order valence-corrected chi connectivity index (χ3v) is 5.53. The van der Waals surface area contributed by atoms with Crippen LogP contribution in [0.1, 0.15) is 19.3 Å². The van der Waals surface area contributed by atoms with Crippen molar-refractivity contribution in [2.45, 2.75) is 37.4 Å². The van der Waals surface area contributed by atoms with Crippen molar-refractivity contribution in [1.29, 1.82) is 0 Å². The van der Waals surface area contributed by atoms with Crippen molar-refractivity contribution in [1.82, 2.24) is 14.9 Å². The first-order valence-electron chi connectivity index (χ1n) is 8.67. The Morgan fingerprint density at radius 3 is 2.73 bits per heavy atom. The lowest BCUT2D eigenvalue weighted by atomic mass is 10.0. The summed E-state index contributed by atoms with van der Waals surface area (Å²) in [5, 5.41) is 5.72. The van der Waals surface area contributed by atoms with E-state index in [-0.39, 0.29) is 29.9 Å². The molecule has 2 amide bonds. The van der Waals surface area contributed by atoms with Gasteiger partial charge in [-0.1, -0.05) is 18.2 Å². The minimum Gasteiger partial charge on any atom is -0.353 e. The fraction of sp³-hybridized carbons (Fsp3) is 0.529. The van der Waals surface area contributed by atoms with Crippen molar-refractivity contribution < 1.29 is 18.0 Å². The van der Waals surface area contributed by atoms with Crippen LogP contribution in [0.2, 0.25) is 0 Å². The molecular formula is C17H24N4O4S. The lowest BCUT2D eigenvalue weighted by Crippen LogP contribution is -2.57. The van der Waals surface area contributed by atoms with Crippen molar-refractivity contribution >= 4 is 27.5 Å². The van der Waals surface area contributed by atoms with Gasteiger partial charge in [-0.05, 0) is 25.0 Å². The Labute approximate surface area is 153 Å². The Balaban J connectivity index is 1.56. The molecule has 1 aromatic rings. The van der Waals surface area contributed by atoms with Crippen LogP contribution >= 0.6 is 0 Å². The van der Waals surface area contributed by atoms with Crippen LogP contribution in [-0.4, -0.2) is 62.6 Å². The highest BCUT2D eigenvalue weighted by molar-refractivity contribution is 7.88. The van der Waals surface area contributed by atoms with Gasteiger partial charge in [-0.3, -0.25) is 14.5 Å². The number of fused-ring (bicyclic) bond motifs is 1. The number of para-hydroxylation sites is 1. The van der Waals surface area contributed by atoms with Crippen LogP contribution in [0.3, 0.4) is 0 Å². The molecule has 142 valence electrons. The summed E-state index contributed by atoms with van der Waals surface area (Å²) in [7, 11) is -3.32. The van der Waals surface area contributed by atoms with Gasteiger partial charge in [0, 0.05) is 37.3 Å². The monoisotopic (exact) mass is 380 g/mol. The first-order chi connectivity index (χ1) is 12.3. The number of sulfonamides is 1. The average Bonchev–Trinajstić information content (AvgIpc) is 2.98. The molecule has 9 heteroatoms. The number of carbonyl (C=O) groups excluding carboxylic acids is 2. The number of hydrogen-bond acceptors (Lipinski definition) is 5. The maximum atomic E-state index is 12.2. The normalized spacial score (nSPS) is 26.2. The third kappa shape index (κ3) is 4.80. The van der Waals surface area contributed by atoms with Gasteiger partial charge in [0.05, 0.1) is 12.3 Å². The number of anilines is 1. The first kappa shape index (κ1) is 18.8. The zero-order chi connectivity index (χ0) is 18.7. The van der Waals surface area contributed by atoms with Gasteiger partial charge in [-0.25, -0.2) is 13.1 Å². The Bertz CT molecular complexity index is 768. The first-order valence-corrected chi connectivity index (χ1v) is 10.6. The molecule has 2 aliphatic heterocycles. The molecule has 1 aromatic carbocycles. The number of nitrogens with one attached hydrogen (secondary N) is 3. The van der Waals surface area contributed by atoms with Crippen molar-refractivity contribution in [2.24, 2.45) is 0 Å². The van der Waals surface area contributed by atoms with E-state index in [0.29, 0.717) is 32.4 Å². The predicted octanol–water partition coefficient (Wildman–Crippen LogP) is -0.104. The number of nitrogens with zero attached hydrogens (tertiary/aromatic N) is 1. The average molecular weight is 380 g/mol. The molecule has 0 aromatic heterocycles. The third-order valence-electron chi connectivity index (χ3n) is 4.77. The molecule has 2 aliphatic rings. The van der Waals surface area contributed by atoms with Crippen molar-refractivity contribution in [2.75, 3.05) is 24.7 Å². The SMILES string of the molecule is CS(=O)(=O)N[C@H]1C[C@H]2C(=O)NC[C@@H](CCC(=O)Nc3ccccc3)N2C1. The minimum absolute atomic E-state index is 0.0191. The summed E-state index contributed by atoms with van der Waals surface area (Å²) in [6.45, 7) is 0.954. The van der Waals surface area contributed by atoms with E-state index in [0.717, 1.165) is 11.9 Å². The molecule has 0 aliphatic carbocycles. The maximum Gasteiger partial charge on any atom is 0.237 e. The second kappa shape index (κ2) is 7.73. The molecule has 2 heterocycles. The molecule has 0 spiro atoms. The smallest absolute Gasteiger partial charge is 0.237 e. The topological polar surface area (TPSA) is 108 Å². The Kier molecular flexibility index (Phi) is 5.59. The predicted molar refractivity (Wildman–Crippen MR) is 98.0 cm³/mol. The van der Waals surface area contributed by atoms with Gasteiger partial charge in [0.25, 0.3) is 0 Å². The summed E-state index contributed by atoms with van der Waals surface area (Å²) in [4.78, 5) is 26.3. The number of hydrogen-bond donors (Lipinski definition) is 3. The van der Waals surface area contributed by atoms with E-state index >= 15 is 0 Å². The van der Waals surface area contributed by atoms with Gasteiger partial charge in [0.1, 0.15) is 0 Å². The molecule has 3 atom stereocenters. The van der Waals surface area contributed by atoms with Gasteiger partial charge in [0.2, 0.25) is 21.8 Å². The highest BCUT2D eigenvalue weighted by Gasteiger charge is 2.43. The second-order valence-electron chi connectivity index (χ2n) is 6.89. The van der Waals surface area contributed by atoms with E-state index in [1.807, 2.05) is 35.2 Å². The molecule has 3 N–H and O–H groups in total. The fourth-order valence-corrected chi connectivity index (χ4v) is 4.45. The summed E-state index contributed by atoms with van der Waals surface area (Å²) in [6, 6.07) is 8.66. The molecule has 2 fully saturated rings. The van der Waals surface area contributed by atoms with Gasteiger partial charge in [-0.15, -0.1) is 0 Å². The largest absolute Gasteiger partial charge is 0.353 e. The zero-order valence-corrected chi connectivity index (χ0v) is 15.5. The second-order valence-corrected chi connectivity index (χ2v) is 8.67. The highest BCUT2D eigenvalue weighted by Crippen LogP contribution is 2.26. The van der Waals surface area contributed by atoms with Gasteiger partial charge in [-0.2, -0.15) is 0 Å². The number of rotatable bonds is 6. The van der Waals surface area contributed by atoms with Gasteiger partial charge >= 0.3 is 0 Å². The van der Waals surface area contributed by atoms with Crippen LogP contribution in [0.5, 0.6) is 0 Å². The molecule has 26 heavy (non-hydrogen) atoms. The van der Waals surface area contributed by atoms with Gasteiger partial charge in [0.15, 0.2) is 0 Å². The summed E-state index contributed by atoms with van der Waals surface area (Å²) >= 11 is 0. The molecule has 0 unspecified atom stereocenters. The summed E-state index contributed by atoms with van der Waals surface area (Å²) < 4.78 is 25.5. The van der Waals surface area contributed by atoms with Crippen LogP contribution < -0.4 is 15.4 Å². The van der Waals surface area contributed by atoms with Crippen LogP contribution in [0.25, 0.3) is 0 Å². The Morgan fingerprint density at radius 1 is 1.31 bits per heavy atom. The van der Waals surface area contributed by atoms with Gasteiger partial charge < -0.3 is 10.6 Å². The lowest BCUT2D eigenvalue weighted by molar-refractivity contribution is -0.129. The lowest BCUT2D eigenvalue weighted by Gasteiger charge is -2.37. The Morgan fingerprint density at radius 2 is 2.04 bits per heavy atom. The van der Waals surface area contributed by atoms with Crippen LogP contribution in [0.4, 0.5) is 5.69 Å². The molecule has 2 saturated heterocycles. The van der Waals surface area contributed by atoms with E-state index < -0.39 is 10.0 Å². The molecule has 8 nitrogen and oxygen atoms in total. The van der Waals surface area contributed by atoms with E-state index in [1.165, 1.54) is 0 Å². The Hall–Kier alpha value is -1.97. The molecular weight excluding hydrogens is 356 g/mol. The van der Waals surface area contributed by atoms with Crippen LogP contribution in [0, 0.1) is 0 Å². The van der Waals surface area contributed by atoms with Crippen LogP contribution in [0.15, 0.2) is 30.3 Å². The van der Waals surface area contributed by atoms with E-state index in [4.69, 9.17) is 0 Å². The number of carbonyl (C=O) groups is 2. The number of amides is 2. The van der Waals surface area contributed by atoms with Crippen LogP contribution in [-0.2, 0) is 19.6 Å². The highest BCUT2D eigenvalue weighted by atomic mass is 32.2.